The van der Waals surface area contributed by atoms with E-state index in [0.29, 0.717) is 18.9 Å². The molecule has 9 heteroatoms. The van der Waals surface area contributed by atoms with Crippen LogP contribution in [0.4, 0.5) is 17.5 Å². The first-order valence-corrected chi connectivity index (χ1v) is 9.21. The molecule has 0 aliphatic carbocycles. The van der Waals surface area contributed by atoms with Gasteiger partial charge >= 0.3 is 0 Å². The van der Waals surface area contributed by atoms with Gasteiger partial charge in [0.2, 0.25) is 5.91 Å². The zero-order chi connectivity index (χ0) is 19.3. The Labute approximate surface area is 163 Å². The second-order valence-corrected chi connectivity index (χ2v) is 6.69. The topological polar surface area (TPSA) is 92.1 Å². The van der Waals surface area contributed by atoms with Crippen molar-refractivity contribution < 1.29 is 4.79 Å². The number of rotatable bonds is 5. The van der Waals surface area contributed by atoms with Crippen molar-refractivity contribution in [1.82, 2.24) is 29.9 Å². The van der Waals surface area contributed by atoms with E-state index < -0.39 is 0 Å². The summed E-state index contributed by atoms with van der Waals surface area (Å²) < 4.78 is 1.65. The van der Waals surface area contributed by atoms with Crippen LogP contribution in [0.2, 0.25) is 0 Å². The number of anilines is 3. The van der Waals surface area contributed by atoms with Crippen LogP contribution in [-0.2, 0) is 11.3 Å². The molecule has 1 amide bonds. The van der Waals surface area contributed by atoms with Crippen LogP contribution in [0, 0.1) is 6.92 Å². The maximum atomic E-state index is 12.4. The molecule has 1 aliphatic heterocycles. The molecule has 1 saturated heterocycles. The Morgan fingerprint density at radius 1 is 1.07 bits per heavy atom. The van der Waals surface area contributed by atoms with E-state index in [1.807, 2.05) is 42.2 Å². The number of aryl methyl sites for hydroxylation is 1. The van der Waals surface area contributed by atoms with Crippen molar-refractivity contribution in [3.05, 3.63) is 54.5 Å². The van der Waals surface area contributed by atoms with Gasteiger partial charge in [-0.1, -0.05) is 6.07 Å². The van der Waals surface area contributed by atoms with Crippen LogP contribution in [0.3, 0.4) is 0 Å². The first-order chi connectivity index (χ1) is 13.7. The largest absolute Gasteiger partial charge is 0.352 e. The highest BCUT2D eigenvalue weighted by Gasteiger charge is 2.22. The second-order valence-electron chi connectivity index (χ2n) is 6.69. The van der Waals surface area contributed by atoms with Gasteiger partial charge in [-0.05, 0) is 36.8 Å². The Balaban J connectivity index is 1.30. The molecule has 0 spiro atoms. The van der Waals surface area contributed by atoms with Crippen LogP contribution < -0.4 is 10.2 Å². The molecule has 0 atom stereocenters. The normalized spacial score (nSPS) is 14.2. The molecular formula is C19H22N8O. The predicted molar refractivity (Wildman–Crippen MR) is 105 cm³/mol. The molecule has 4 heterocycles. The summed E-state index contributed by atoms with van der Waals surface area (Å²) in [6.45, 7) is 5.05. The van der Waals surface area contributed by atoms with E-state index in [1.165, 1.54) is 0 Å². The molecule has 0 radical (unpaired) electrons. The fourth-order valence-electron chi connectivity index (χ4n) is 3.05. The molecule has 28 heavy (non-hydrogen) atoms. The van der Waals surface area contributed by atoms with Crippen molar-refractivity contribution >= 4 is 23.4 Å². The first kappa shape index (κ1) is 17.9. The fourth-order valence-corrected chi connectivity index (χ4v) is 3.05. The summed E-state index contributed by atoms with van der Waals surface area (Å²) in [7, 11) is 0. The summed E-state index contributed by atoms with van der Waals surface area (Å²) in [5.74, 6) is 2.27. The predicted octanol–water partition coefficient (Wildman–Crippen LogP) is 1.47. The summed E-state index contributed by atoms with van der Waals surface area (Å²) in [6, 6.07) is 9.54. The number of piperazine rings is 1. The summed E-state index contributed by atoms with van der Waals surface area (Å²) in [6.07, 6.45) is 5.28. The van der Waals surface area contributed by atoms with Gasteiger partial charge in [0.1, 0.15) is 12.4 Å². The van der Waals surface area contributed by atoms with E-state index in [1.54, 1.807) is 23.3 Å². The van der Waals surface area contributed by atoms with Crippen LogP contribution in [0.25, 0.3) is 0 Å². The highest BCUT2D eigenvalue weighted by Crippen LogP contribution is 2.17. The van der Waals surface area contributed by atoms with Crippen molar-refractivity contribution in [2.75, 3.05) is 36.4 Å². The number of nitrogens with one attached hydrogen (secondary N) is 1. The molecule has 3 aromatic rings. The third-order valence-corrected chi connectivity index (χ3v) is 4.63. The average molecular weight is 378 g/mol. The molecule has 0 saturated carbocycles. The summed E-state index contributed by atoms with van der Waals surface area (Å²) in [5.41, 5.74) is 1.11. The summed E-state index contributed by atoms with van der Waals surface area (Å²) in [4.78, 5) is 20.7. The lowest BCUT2D eigenvalue weighted by Gasteiger charge is -2.35. The van der Waals surface area contributed by atoms with Crippen LogP contribution in [0.5, 0.6) is 0 Å². The van der Waals surface area contributed by atoms with Crippen LogP contribution >= 0.6 is 0 Å². The average Bonchev–Trinajstić information content (AvgIpc) is 3.23. The molecule has 0 unspecified atom stereocenters. The Morgan fingerprint density at radius 3 is 2.54 bits per heavy atom. The minimum Gasteiger partial charge on any atom is -0.352 e. The smallest absolute Gasteiger partial charge is 0.244 e. The monoisotopic (exact) mass is 378 g/mol. The van der Waals surface area contributed by atoms with E-state index in [4.69, 9.17) is 0 Å². The van der Waals surface area contributed by atoms with Crippen LogP contribution in [0.15, 0.2) is 48.9 Å². The Morgan fingerprint density at radius 2 is 1.89 bits per heavy atom. The second kappa shape index (κ2) is 8.03. The van der Waals surface area contributed by atoms with Gasteiger partial charge in [0.15, 0.2) is 11.6 Å². The molecule has 9 nitrogen and oxygen atoms in total. The number of amides is 1. The third kappa shape index (κ3) is 4.25. The first-order valence-electron chi connectivity index (χ1n) is 9.21. The van der Waals surface area contributed by atoms with E-state index in [2.05, 4.69) is 30.5 Å². The molecule has 0 bridgehead atoms. The highest BCUT2D eigenvalue weighted by molar-refractivity contribution is 5.76. The minimum atomic E-state index is 0.0829. The third-order valence-electron chi connectivity index (χ3n) is 4.63. The van der Waals surface area contributed by atoms with Gasteiger partial charge in [-0.25, -0.2) is 4.98 Å². The lowest BCUT2D eigenvalue weighted by Crippen LogP contribution is -2.49. The minimum absolute atomic E-state index is 0.0829. The zero-order valence-electron chi connectivity index (χ0n) is 15.7. The van der Waals surface area contributed by atoms with Gasteiger partial charge in [0, 0.05) is 44.8 Å². The maximum absolute atomic E-state index is 12.4. The van der Waals surface area contributed by atoms with E-state index in [0.717, 1.165) is 30.3 Å². The highest BCUT2D eigenvalue weighted by atomic mass is 16.2. The van der Waals surface area contributed by atoms with Crippen molar-refractivity contribution in [3.63, 3.8) is 0 Å². The molecular weight excluding hydrogens is 356 g/mol. The number of carbonyl (C=O) groups is 1. The number of nitrogens with zero attached hydrogens (tertiary/aromatic N) is 7. The molecule has 0 aromatic carbocycles. The molecule has 4 rings (SSSR count). The van der Waals surface area contributed by atoms with Crippen molar-refractivity contribution in [2.45, 2.75) is 13.5 Å². The van der Waals surface area contributed by atoms with Gasteiger partial charge in [0.25, 0.3) is 0 Å². The van der Waals surface area contributed by atoms with Crippen LogP contribution in [0.1, 0.15) is 5.56 Å². The molecule has 1 fully saturated rings. The SMILES string of the molecule is Cc1ccc(Nc2ccc(N3CCN(C(=O)Cn4cccn4)CC3)nn2)nc1. The standard InChI is InChI=1S/C19H22N8O/c1-15-3-4-16(20-13-15)22-17-5-6-18(24-23-17)25-9-11-26(12-10-25)19(28)14-27-8-2-7-21-27/h2-8,13H,9-12,14H2,1H3,(H,20,22,23). The molecule has 1 N–H and O–H groups in total. The number of aromatic nitrogens is 5. The van der Waals surface area contributed by atoms with E-state index in [9.17, 15) is 4.79 Å². The Kier molecular flexibility index (Phi) is 5.14. The maximum Gasteiger partial charge on any atom is 0.244 e. The molecule has 1 aliphatic rings. The fraction of sp³-hybridized carbons (Fsp3) is 0.316. The van der Waals surface area contributed by atoms with Crippen molar-refractivity contribution in [3.8, 4) is 0 Å². The Hall–Kier alpha value is -3.49. The van der Waals surface area contributed by atoms with Gasteiger partial charge in [-0.2, -0.15) is 5.10 Å². The van der Waals surface area contributed by atoms with Gasteiger partial charge in [-0.3, -0.25) is 9.48 Å². The van der Waals surface area contributed by atoms with E-state index >= 15 is 0 Å². The number of carbonyl (C=O) groups excluding carboxylic acids is 1. The lowest BCUT2D eigenvalue weighted by molar-refractivity contribution is -0.132. The zero-order valence-corrected chi connectivity index (χ0v) is 15.7. The summed E-state index contributed by atoms with van der Waals surface area (Å²) >= 11 is 0. The lowest BCUT2D eigenvalue weighted by atomic mass is 10.3. The van der Waals surface area contributed by atoms with Gasteiger partial charge < -0.3 is 15.1 Å². The summed E-state index contributed by atoms with van der Waals surface area (Å²) in [5, 5.41) is 15.8. The van der Waals surface area contributed by atoms with Crippen molar-refractivity contribution in [2.24, 2.45) is 0 Å². The van der Waals surface area contributed by atoms with Gasteiger partial charge in [-0.15, -0.1) is 10.2 Å². The van der Waals surface area contributed by atoms with Gasteiger partial charge in [0.05, 0.1) is 0 Å². The molecule has 3 aromatic heterocycles. The molecule has 144 valence electrons. The van der Waals surface area contributed by atoms with E-state index in [-0.39, 0.29) is 12.5 Å². The van der Waals surface area contributed by atoms with Crippen LogP contribution in [-0.4, -0.2) is 61.9 Å². The number of hydrogen-bond acceptors (Lipinski definition) is 7. The number of pyridine rings is 1. The Bertz CT molecular complexity index is 900. The van der Waals surface area contributed by atoms with Crippen molar-refractivity contribution in [1.29, 1.82) is 0 Å². The quantitative estimate of drug-likeness (QED) is 0.719. The number of hydrogen-bond donors (Lipinski definition) is 1.